The van der Waals surface area contributed by atoms with Crippen LogP contribution >= 0.6 is 0 Å². The van der Waals surface area contributed by atoms with Crippen molar-refractivity contribution in [1.29, 1.82) is 0 Å². The molecule has 2 heterocycles. The number of rotatable bonds is 2. The predicted octanol–water partition coefficient (Wildman–Crippen LogP) is 2.92. The summed E-state index contributed by atoms with van der Waals surface area (Å²) in [7, 11) is 0. The molecule has 0 bridgehead atoms. The van der Waals surface area contributed by atoms with Crippen molar-refractivity contribution in [3.63, 3.8) is 0 Å². The van der Waals surface area contributed by atoms with E-state index in [1.807, 2.05) is 0 Å². The van der Waals surface area contributed by atoms with Gasteiger partial charge in [0, 0.05) is 31.2 Å². The lowest BCUT2D eigenvalue weighted by atomic mass is 9.99. The number of hydrogen-bond donors (Lipinski definition) is 0. The SMILES string of the molecule is CC1CC1N1CC2CCCN2CC1c1ccccc1. The van der Waals surface area contributed by atoms with E-state index in [2.05, 4.69) is 47.1 Å². The smallest absolute Gasteiger partial charge is 0.0479 e. The van der Waals surface area contributed by atoms with Crippen LogP contribution in [0.3, 0.4) is 0 Å². The summed E-state index contributed by atoms with van der Waals surface area (Å²) in [5, 5.41) is 0. The fraction of sp³-hybridized carbons (Fsp3) is 0.647. The van der Waals surface area contributed by atoms with Crippen molar-refractivity contribution in [2.75, 3.05) is 19.6 Å². The van der Waals surface area contributed by atoms with Gasteiger partial charge in [0.2, 0.25) is 0 Å². The molecular weight excluding hydrogens is 232 g/mol. The normalized spacial score (nSPS) is 39.2. The first-order valence-electron chi connectivity index (χ1n) is 7.87. The summed E-state index contributed by atoms with van der Waals surface area (Å²) in [6.45, 7) is 6.28. The van der Waals surface area contributed by atoms with Crippen LogP contribution in [-0.4, -0.2) is 41.5 Å². The molecule has 0 spiro atoms. The Labute approximate surface area is 116 Å². The highest BCUT2D eigenvalue weighted by atomic mass is 15.3. The molecule has 0 N–H and O–H groups in total. The van der Waals surface area contributed by atoms with E-state index in [4.69, 9.17) is 0 Å². The summed E-state index contributed by atoms with van der Waals surface area (Å²) in [6, 6.07) is 13.5. The minimum Gasteiger partial charge on any atom is -0.297 e. The van der Waals surface area contributed by atoms with E-state index in [0.717, 1.165) is 18.0 Å². The molecule has 19 heavy (non-hydrogen) atoms. The third-order valence-corrected chi connectivity index (χ3v) is 5.41. The van der Waals surface area contributed by atoms with Crippen molar-refractivity contribution in [3.8, 4) is 0 Å². The molecule has 2 aliphatic heterocycles. The summed E-state index contributed by atoms with van der Waals surface area (Å²) in [5.74, 6) is 0.916. The standard InChI is InChI=1S/C17H24N2/c1-13-10-16(13)19-11-15-8-5-9-18(15)12-17(19)14-6-3-2-4-7-14/h2-4,6-7,13,15-17H,5,8-12H2,1H3. The van der Waals surface area contributed by atoms with Crippen LogP contribution in [0, 0.1) is 5.92 Å². The fourth-order valence-corrected chi connectivity index (χ4v) is 4.14. The first-order valence-corrected chi connectivity index (χ1v) is 7.87. The van der Waals surface area contributed by atoms with E-state index in [9.17, 15) is 0 Å². The lowest BCUT2D eigenvalue weighted by Gasteiger charge is -2.44. The molecule has 2 heteroatoms. The summed E-state index contributed by atoms with van der Waals surface area (Å²) >= 11 is 0. The van der Waals surface area contributed by atoms with Crippen LogP contribution < -0.4 is 0 Å². The molecule has 0 radical (unpaired) electrons. The van der Waals surface area contributed by atoms with Gasteiger partial charge in [-0.1, -0.05) is 37.3 Å². The van der Waals surface area contributed by atoms with Gasteiger partial charge in [0.05, 0.1) is 0 Å². The van der Waals surface area contributed by atoms with Crippen molar-refractivity contribution in [3.05, 3.63) is 35.9 Å². The van der Waals surface area contributed by atoms with E-state index in [1.54, 1.807) is 0 Å². The van der Waals surface area contributed by atoms with Gasteiger partial charge in [-0.25, -0.2) is 0 Å². The Kier molecular flexibility index (Phi) is 2.89. The predicted molar refractivity (Wildman–Crippen MR) is 78.1 cm³/mol. The van der Waals surface area contributed by atoms with Gasteiger partial charge in [-0.05, 0) is 37.3 Å². The van der Waals surface area contributed by atoms with Crippen LogP contribution in [-0.2, 0) is 0 Å². The van der Waals surface area contributed by atoms with Crippen molar-refractivity contribution < 1.29 is 0 Å². The summed E-state index contributed by atoms with van der Waals surface area (Å²) in [5.41, 5.74) is 1.52. The topological polar surface area (TPSA) is 6.48 Å². The number of hydrogen-bond acceptors (Lipinski definition) is 2. The van der Waals surface area contributed by atoms with Gasteiger partial charge in [-0.15, -0.1) is 0 Å². The molecule has 0 aromatic heterocycles. The number of nitrogens with zero attached hydrogens (tertiary/aromatic N) is 2. The monoisotopic (exact) mass is 256 g/mol. The highest BCUT2D eigenvalue weighted by Gasteiger charge is 2.46. The molecule has 2 nitrogen and oxygen atoms in total. The average Bonchev–Trinajstić information content (AvgIpc) is 3.00. The van der Waals surface area contributed by atoms with E-state index in [1.165, 1.54) is 44.5 Å². The quantitative estimate of drug-likeness (QED) is 0.803. The molecule has 4 atom stereocenters. The molecule has 1 aromatic rings. The third kappa shape index (κ3) is 2.11. The average molecular weight is 256 g/mol. The van der Waals surface area contributed by atoms with Gasteiger partial charge >= 0.3 is 0 Å². The fourth-order valence-electron chi connectivity index (χ4n) is 4.14. The molecule has 4 rings (SSSR count). The van der Waals surface area contributed by atoms with Crippen LogP contribution in [0.15, 0.2) is 30.3 Å². The van der Waals surface area contributed by atoms with Gasteiger partial charge in [0.1, 0.15) is 0 Å². The lowest BCUT2D eigenvalue weighted by molar-refractivity contribution is 0.0414. The largest absolute Gasteiger partial charge is 0.297 e. The Morgan fingerprint density at radius 1 is 1.11 bits per heavy atom. The zero-order valence-electron chi connectivity index (χ0n) is 11.8. The Hall–Kier alpha value is -0.860. The lowest BCUT2D eigenvalue weighted by Crippen LogP contribution is -2.52. The number of fused-ring (bicyclic) bond motifs is 1. The molecule has 0 amide bonds. The van der Waals surface area contributed by atoms with Crippen LogP contribution in [0.4, 0.5) is 0 Å². The van der Waals surface area contributed by atoms with Gasteiger partial charge in [-0.2, -0.15) is 0 Å². The second-order valence-corrected chi connectivity index (χ2v) is 6.69. The van der Waals surface area contributed by atoms with Crippen molar-refractivity contribution in [2.45, 2.75) is 44.3 Å². The van der Waals surface area contributed by atoms with E-state index < -0.39 is 0 Å². The summed E-state index contributed by atoms with van der Waals surface area (Å²) in [4.78, 5) is 5.56. The Morgan fingerprint density at radius 2 is 1.89 bits per heavy atom. The number of benzene rings is 1. The van der Waals surface area contributed by atoms with Crippen LogP contribution in [0.1, 0.15) is 37.8 Å². The first kappa shape index (κ1) is 11.9. The van der Waals surface area contributed by atoms with Crippen LogP contribution in [0.2, 0.25) is 0 Å². The summed E-state index contributed by atoms with van der Waals surface area (Å²) < 4.78 is 0. The van der Waals surface area contributed by atoms with E-state index in [-0.39, 0.29) is 0 Å². The van der Waals surface area contributed by atoms with Gasteiger partial charge in [0.15, 0.2) is 0 Å². The van der Waals surface area contributed by atoms with E-state index in [0.29, 0.717) is 6.04 Å². The Morgan fingerprint density at radius 3 is 2.63 bits per heavy atom. The molecule has 4 unspecified atom stereocenters. The highest BCUT2D eigenvalue weighted by molar-refractivity contribution is 5.22. The maximum atomic E-state index is 2.83. The van der Waals surface area contributed by atoms with Crippen LogP contribution in [0.5, 0.6) is 0 Å². The van der Waals surface area contributed by atoms with Crippen molar-refractivity contribution >= 4 is 0 Å². The van der Waals surface area contributed by atoms with E-state index >= 15 is 0 Å². The zero-order valence-corrected chi connectivity index (χ0v) is 11.8. The molecule has 3 aliphatic rings. The van der Waals surface area contributed by atoms with Gasteiger partial charge in [0.25, 0.3) is 0 Å². The van der Waals surface area contributed by atoms with Crippen LogP contribution in [0.25, 0.3) is 0 Å². The zero-order chi connectivity index (χ0) is 12.8. The van der Waals surface area contributed by atoms with Crippen molar-refractivity contribution in [2.24, 2.45) is 5.92 Å². The first-order chi connectivity index (χ1) is 9.33. The molecule has 3 fully saturated rings. The van der Waals surface area contributed by atoms with Gasteiger partial charge in [-0.3, -0.25) is 9.80 Å². The maximum Gasteiger partial charge on any atom is 0.0479 e. The Bertz CT molecular complexity index is 444. The molecule has 2 saturated heterocycles. The molecular formula is C17H24N2. The number of piperazine rings is 1. The second-order valence-electron chi connectivity index (χ2n) is 6.69. The minimum atomic E-state index is 0.630. The highest BCUT2D eigenvalue weighted by Crippen LogP contribution is 2.43. The van der Waals surface area contributed by atoms with Crippen molar-refractivity contribution in [1.82, 2.24) is 9.80 Å². The second kappa shape index (κ2) is 4.60. The maximum absolute atomic E-state index is 2.83. The minimum absolute atomic E-state index is 0.630. The molecule has 1 aromatic carbocycles. The Balaban J connectivity index is 1.62. The van der Waals surface area contributed by atoms with Gasteiger partial charge < -0.3 is 0 Å². The summed E-state index contributed by atoms with van der Waals surface area (Å²) in [6.07, 6.45) is 4.23. The molecule has 1 saturated carbocycles. The molecule has 1 aliphatic carbocycles. The third-order valence-electron chi connectivity index (χ3n) is 5.41. The molecule has 102 valence electrons.